The number of unbranched alkanes of at least 4 members (excludes halogenated alkanes) is 1. The van der Waals surface area contributed by atoms with E-state index >= 15 is 0 Å². The van der Waals surface area contributed by atoms with Crippen LogP contribution in [0.1, 0.15) is 28.8 Å². The summed E-state index contributed by atoms with van der Waals surface area (Å²) in [7, 11) is 2.16. The third-order valence-corrected chi connectivity index (χ3v) is 4.11. The van der Waals surface area contributed by atoms with Gasteiger partial charge in [-0.3, -0.25) is 9.69 Å². The summed E-state index contributed by atoms with van der Waals surface area (Å²) in [5, 5.41) is 2.96. The van der Waals surface area contributed by atoms with Gasteiger partial charge < -0.3 is 16.0 Å². The molecule has 0 unspecified atom stereocenters. The average Bonchev–Trinajstić information content (AvgIpc) is 2.54. The van der Waals surface area contributed by atoms with Crippen molar-refractivity contribution in [1.82, 2.24) is 15.1 Å². The molecule has 7 heteroatoms. The summed E-state index contributed by atoms with van der Waals surface area (Å²) in [6.07, 6.45) is 1.88. The van der Waals surface area contributed by atoms with Crippen molar-refractivity contribution in [2.24, 2.45) is 5.73 Å². The molecule has 0 aromatic heterocycles. The molecule has 3 N–H and O–H groups in total. The molecule has 138 valence electrons. The third kappa shape index (κ3) is 7.81. The molecule has 0 spiro atoms. The van der Waals surface area contributed by atoms with Gasteiger partial charge in [-0.05, 0) is 44.1 Å². The number of nitrogens with zero attached hydrogens (tertiary/aromatic N) is 2. The van der Waals surface area contributed by atoms with Crippen molar-refractivity contribution in [2.75, 3.05) is 46.3 Å². The van der Waals surface area contributed by atoms with Gasteiger partial charge in [0.2, 0.25) is 0 Å². The molecule has 1 aliphatic heterocycles. The molecule has 0 atom stereocenters. The standard InChI is InChI=1S/C17H28N4O.2ClH/c1-20-9-11-21(12-10-20)14-15-5-4-6-16(13-15)17(22)19-8-3-2-7-18;;/h4-6,13H,2-3,7-12,14,18H2,1H3,(H,19,22);2*1H. The Morgan fingerprint density at radius 1 is 1.17 bits per heavy atom. The lowest BCUT2D eigenvalue weighted by molar-refractivity contribution is 0.0952. The number of rotatable bonds is 7. The van der Waals surface area contributed by atoms with Crippen LogP contribution in [0.3, 0.4) is 0 Å². The zero-order chi connectivity index (χ0) is 15.8. The zero-order valence-electron chi connectivity index (χ0n) is 14.4. The van der Waals surface area contributed by atoms with E-state index < -0.39 is 0 Å². The monoisotopic (exact) mass is 376 g/mol. The van der Waals surface area contributed by atoms with Crippen molar-refractivity contribution in [1.29, 1.82) is 0 Å². The van der Waals surface area contributed by atoms with Gasteiger partial charge in [0.25, 0.3) is 5.91 Å². The second kappa shape index (κ2) is 12.5. The van der Waals surface area contributed by atoms with Crippen LogP contribution < -0.4 is 11.1 Å². The number of hydrogen-bond acceptors (Lipinski definition) is 4. The predicted molar refractivity (Wildman–Crippen MR) is 104 cm³/mol. The van der Waals surface area contributed by atoms with E-state index in [1.165, 1.54) is 5.56 Å². The molecule has 0 aliphatic carbocycles. The molecule has 1 saturated heterocycles. The molecule has 0 bridgehead atoms. The smallest absolute Gasteiger partial charge is 0.251 e. The lowest BCUT2D eigenvalue weighted by Crippen LogP contribution is -2.43. The van der Waals surface area contributed by atoms with Crippen LogP contribution in [0.4, 0.5) is 0 Å². The number of nitrogens with one attached hydrogen (secondary N) is 1. The van der Waals surface area contributed by atoms with Gasteiger partial charge in [0.15, 0.2) is 0 Å². The van der Waals surface area contributed by atoms with E-state index in [1.54, 1.807) is 0 Å². The molecule has 0 radical (unpaired) electrons. The van der Waals surface area contributed by atoms with Gasteiger partial charge in [-0.15, -0.1) is 24.8 Å². The topological polar surface area (TPSA) is 61.6 Å². The molecule has 1 aliphatic rings. The Morgan fingerprint density at radius 2 is 1.88 bits per heavy atom. The SMILES string of the molecule is CN1CCN(Cc2cccc(C(=O)NCCCCN)c2)CC1.Cl.Cl. The van der Waals surface area contributed by atoms with E-state index in [1.807, 2.05) is 18.2 Å². The molecular weight excluding hydrogens is 347 g/mol. The van der Waals surface area contributed by atoms with Gasteiger partial charge in [0.1, 0.15) is 0 Å². The minimum Gasteiger partial charge on any atom is -0.352 e. The number of hydrogen-bond donors (Lipinski definition) is 2. The fourth-order valence-electron chi connectivity index (χ4n) is 2.65. The second-order valence-electron chi connectivity index (χ2n) is 6.03. The van der Waals surface area contributed by atoms with E-state index in [0.717, 1.165) is 51.1 Å². The third-order valence-electron chi connectivity index (χ3n) is 4.11. The van der Waals surface area contributed by atoms with Crippen molar-refractivity contribution in [3.63, 3.8) is 0 Å². The number of piperazine rings is 1. The van der Waals surface area contributed by atoms with Gasteiger partial charge in [-0.2, -0.15) is 0 Å². The Kier molecular flexibility index (Phi) is 12.1. The molecule has 1 fully saturated rings. The quantitative estimate of drug-likeness (QED) is 0.711. The van der Waals surface area contributed by atoms with E-state index in [0.29, 0.717) is 13.1 Å². The number of likely N-dealkylation sites (N-methyl/N-ethyl adjacent to an activating group) is 1. The molecule has 24 heavy (non-hydrogen) atoms. The number of amides is 1. The highest BCUT2D eigenvalue weighted by atomic mass is 35.5. The summed E-state index contributed by atoms with van der Waals surface area (Å²) >= 11 is 0. The lowest BCUT2D eigenvalue weighted by Gasteiger charge is -2.32. The lowest BCUT2D eigenvalue weighted by atomic mass is 10.1. The summed E-state index contributed by atoms with van der Waals surface area (Å²) in [4.78, 5) is 16.9. The molecule has 1 aromatic rings. The highest BCUT2D eigenvalue weighted by Gasteiger charge is 2.14. The van der Waals surface area contributed by atoms with Crippen LogP contribution in [0.15, 0.2) is 24.3 Å². The molecule has 1 amide bonds. The van der Waals surface area contributed by atoms with Crippen LogP contribution in [0.5, 0.6) is 0 Å². The normalized spacial score (nSPS) is 15.2. The minimum absolute atomic E-state index is 0. The summed E-state index contributed by atoms with van der Waals surface area (Å²) in [5.41, 5.74) is 7.41. The van der Waals surface area contributed by atoms with Crippen molar-refractivity contribution in [3.05, 3.63) is 35.4 Å². The van der Waals surface area contributed by atoms with Crippen LogP contribution in [-0.2, 0) is 6.54 Å². The first-order valence-electron chi connectivity index (χ1n) is 8.17. The molecular formula is C17H30Cl2N4O. The summed E-state index contributed by atoms with van der Waals surface area (Å²) in [6.45, 7) is 6.69. The maximum Gasteiger partial charge on any atom is 0.251 e. The van der Waals surface area contributed by atoms with Gasteiger partial charge in [-0.25, -0.2) is 0 Å². The van der Waals surface area contributed by atoms with Crippen LogP contribution >= 0.6 is 24.8 Å². The number of benzene rings is 1. The first kappa shape index (κ1) is 23.1. The average molecular weight is 377 g/mol. The Morgan fingerprint density at radius 3 is 2.54 bits per heavy atom. The Bertz CT molecular complexity index is 479. The van der Waals surface area contributed by atoms with Crippen molar-refractivity contribution in [2.45, 2.75) is 19.4 Å². The summed E-state index contributed by atoms with van der Waals surface area (Å²) in [6, 6.07) is 7.96. The first-order valence-corrected chi connectivity index (χ1v) is 8.17. The van der Waals surface area contributed by atoms with Gasteiger partial charge >= 0.3 is 0 Å². The van der Waals surface area contributed by atoms with Gasteiger partial charge in [0, 0.05) is 44.8 Å². The summed E-state index contributed by atoms with van der Waals surface area (Å²) < 4.78 is 0. The first-order chi connectivity index (χ1) is 10.7. The Labute approximate surface area is 157 Å². The van der Waals surface area contributed by atoms with Crippen molar-refractivity contribution in [3.8, 4) is 0 Å². The zero-order valence-corrected chi connectivity index (χ0v) is 16.0. The minimum atomic E-state index is 0. The molecule has 2 rings (SSSR count). The van der Waals surface area contributed by atoms with Gasteiger partial charge in [-0.1, -0.05) is 12.1 Å². The number of nitrogens with two attached hydrogens (primary N) is 1. The predicted octanol–water partition coefficient (Wildman–Crippen LogP) is 1.75. The second-order valence-corrected chi connectivity index (χ2v) is 6.03. The fraction of sp³-hybridized carbons (Fsp3) is 0.588. The van der Waals surface area contributed by atoms with Crippen molar-refractivity contribution >= 4 is 30.7 Å². The number of carbonyl (C=O) groups excluding carboxylic acids is 1. The molecule has 1 aromatic carbocycles. The summed E-state index contributed by atoms with van der Waals surface area (Å²) in [5.74, 6) is 0.0113. The highest BCUT2D eigenvalue weighted by Crippen LogP contribution is 2.10. The van der Waals surface area contributed by atoms with E-state index in [-0.39, 0.29) is 30.7 Å². The molecule has 0 saturated carbocycles. The van der Waals surface area contributed by atoms with Gasteiger partial charge in [0.05, 0.1) is 0 Å². The number of halogens is 2. The molecule has 5 nitrogen and oxygen atoms in total. The van der Waals surface area contributed by atoms with Crippen molar-refractivity contribution < 1.29 is 4.79 Å². The Hall–Kier alpha value is -0.850. The number of carbonyl (C=O) groups is 1. The van der Waals surface area contributed by atoms with Crippen LogP contribution in [-0.4, -0.2) is 62.0 Å². The van der Waals surface area contributed by atoms with Crippen LogP contribution in [0.25, 0.3) is 0 Å². The van der Waals surface area contributed by atoms with Crippen LogP contribution in [0.2, 0.25) is 0 Å². The van der Waals surface area contributed by atoms with E-state index in [4.69, 9.17) is 5.73 Å². The molecule has 1 heterocycles. The van der Waals surface area contributed by atoms with E-state index in [9.17, 15) is 4.79 Å². The largest absolute Gasteiger partial charge is 0.352 e. The van der Waals surface area contributed by atoms with Crippen LogP contribution in [0, 0.1) is 0 Å². The Balaban J connectivity index is 0.00000264. The fourth-order valence-corrected chi connectivity index (χ4v) is 2.65. The van der Waals surface area contributed by atoms with E-state index in [2.05, 4.69) is 28.2 Å². The highest BCUT2D eigenvalue weighted by molar-refractivity contribution is 5.94. The maximum atomic E-state index is 12.1. The maximum absolute atomic E-state index is 12.1.